The van der Waals surface area contributed by atoms with E-state index in [0.29, 0.717) is 12.6 Å². The number of pyridine rings is 1. The van der Waals surface area contributed by atoms with Crippen LogP contribution in [-0.4, -0.2) is 25.8 Å². The van der Waals surface area contributed by atoms with Crippen molar-refractivity contribution >= 4 is 22.5 Å². The Balaban J connectivity index is 1.54. The fourth-order valence-corrected chi connectivity index (χ4v) is 3.22. The van der Waals surface area contributed by atoms with Crippen molar-refractivity contribution in [3.63, 3.8) is 0 Å². The zero-order valence-corrected chi connectivity index (χ0v) is 12.8. The summed E-state index contributed by atoms with van der Waals surface area (Å²) in [5.74, 6) is 1.07. The van der Waals surface area contributed by atoms with E-state index >= 15 is 0 Å². The lowest BCUT2D eigenvalue weighted by Gasteiger charge is -2.24. The molecule has 0 unspecified atom stereocenters. The molecular formula is C16H16ClN5. The van der Waals surface area contributed by atoms with Crippen molar-refractivity contribution in [2.24, 2.45) is 0 Å². The summed E-state index contributed by atoms with van der Waals surface area (Å²) < 4.78 is 1.98. The van der Waals surface area contributed by atoms with E-state index in [9.17, 15) is 0 Å². The molecule has 0 aliphatic carbocycles. The number of fused-ring (bicyclic) bond motifs is 2. The Kier molecular flexibility index (Phi) is 3.52. The van der Waals surface area contributed by atoms with Crippen LogP contribution < -0.4 is 5.32 Å². The number of halogens is 1. The molecule has 0 saturated carbocycles. The van der Waals surface area contributed by atoms with Gasteiger partial charge in [0.25, 0.3) is 0 Å². The first kappa shape index (κ1) is 13.7. The normalized spacial score (nSPS) is 17.6. The quantitative estimate of drug-likeness (QED) is 0.807. The minimum atomic E-state index is 0.379. The molecule has 4 rings (SSSR count). The largest absolute Gasteiger partial charge is 0.308 e. The van der Waals surface area contributed by atoms with E-state index in [2.05, 4.69) is 26.4 Å². The highest BCUT2D eigenvalue weighted by atomic mass is 35.5. The van der Waals surface area contributed by atoms with E-state index in [1.54, 1.807) is 6.33 Å². The molecule has 0 spiro atoms. The molecule has 2 aromatic heterocycles. The second-order valence-corrected chi connectivity index (χ2v) is 5.98. The van der Waals surface area contributed by atoms with Crippen molar-refractivity contribution in [2.75, 3.05) is 0 Å². The average Bonchev–Trinajstić information content (AvgIpc) is 3.01. The fraction of sp³-hybridized carbons (Fsp3) is 0.312. The molecule has 6 heteroatoms. The van der Waals surface area contributed by atoms with Crippen LogP contribution in [0.25, 0.3) is 10.9 Å². The minimum Gasteiger partial charge on any atom is -0.308 e. The molecule has 0 amide bonds. The van der Waals surface area contributed by atoms with Crippen LogP contribution in [0.2, 0.25) is 5.02 Å². The SMILES string of the molecule is Clc1ccc2cccnc2c1CN[C@@H]1CCc2ncnn2C1. The number of nitrogens with one attached hydrogen (secondary N) is 1. The lowest BCUT2D eigenvalue weighted by Crippen LogP contribution is -2.37. The molecule has 0 bridgehead atoms. The maximum absolute atomic E-state index is 6.38. The van der Waals surface area contributed by atoms with Crippen molar-refractivity contribution in [1.29, 1.82) is 0 Å². The molecule has 0 fully saturated rings. The van der Waals surface area contributed by atoms with Gasteiger partial charge in [0, 0.05) is 41.2 Å². The molecule has 1 aliphatic rings. The first-order chi connectivity index (χ1) is 10.8. The Labute approximate surface area is 133 Å². The molecule has 5 nitrogen and oxygen atoms in total. The highest BCUT2D eigenvalue weighted by molar-refractivity contribution is 6.32. The highest BCUT2D eigenvalue weighted by Crippen LogP contribution is 2.24. The summed E-state index contributed by atoms with van der Waals surface area (Å²) in [5, 5.41) is 9.72. The van der Waals surface area contributed by atoms with Gasteiger partial charge in [-0.3, -0.25) is 4.98 Å². The summed E-state index contributed by atoms with van der Waals surface area (Å²) >= 11 is 6.38. The van der Waals surface area contributed by atoms with E-state index in [-0.39, 0.29) is 0 Å². The monoisotopic (exact) mass is 313 g/mol. The number of aryl methyl sites for hydroxylation is 1. The summed E-state index contributed by atoms with van der Waals surface area (Å²) in [6.07, 6.45) is 5.46. The van der Waals surface area contributed by atoms with E-state index < -0.39 is 0 Å². The summed E-state index contributed by atoms with van der Waals surface area (Å²) in [6, 6.07) is 8.34. The van der Waals surface area contributed by atoms with Crippen molar-refractivity contribution in [3.8, 4) is 0 Å². The summed E-state index contributed by atoms with van der Waals surface area (Å²) in [6.45, 7) is 1.56. The topological polar surface area (TPSA) is 55.6 Å². The molecule has 3 heterocycles. The average molecular weight is 314 g/mol. The van der Waals surface area contributed by atoms with Crippen LogP contribution in [0.4, 0.5) is 0 Å². The summed E-state index contributed by atoms with van der Waals surface area (Å²) in [7, 11) is 0. The van der Waals surface area contributed by atoms with Crippen molar-refractivity contribution in [1.82, 2.24) is 25.1 Å². The molecule has 112 valence electrons. The Bertz CT molecular complexity index is 813. The molecule has 1 aliphatic heterocycles. The molecule has 1 atom stereocenters. The maximum atomic E-state index is 6.38. The van der Waals surface area contributed by atoms with Crippen molar-refractivity contribution in [3.05, 3.63) is 53.2 Å². The van der Waals surface area contributed by atoms with Gasteiger partial charge in [0.05, 0.1) is 12.1 Å². The zero-order valence-electron chi connectivity index (χ0n) is 12.0. The van der Waals surface area contributed by atoms with Crippen molar-refractivity contribution < 1.29 is 0 Å². The van der Waals surface area contributed by atoms with Gasteiger partial charge in [-0.1, -0.05) is 23.7 Å². The lowest BCUT2D eigenvalue weighted by atomic mass is 10.1. The predicted molar refractivity (Wildman–Crippen MR) is 85.7 cm³/mol. The first-order valence-electron chi connectivity index (χ1n) is 7.43. The second kappa shape index (κ2) is 5.66. The van der Waals surface area contributed by atoms with Gasteiger partial charge in [0.1, 0.15) is 12.2 Å². The number of hydrogen-bond donors (Lipinski definition) is 1. The van der Waals surface area contributed by atoms with E-state index in [4.69, 9.17) is 11.6 Å². The van der Waals surface area contributed by atoms with Crippen LogP contribution in [0.1, 0.15) is 17.8 Å². The molecule has 0 saturated heterocycles. The molecule has 22 heavy (non-hydrogen) atoms. The van der Waals surface area contributed by atoms with Crippen LogP contribution in [0.3, 0.4) is 0 Å². The van der Waals surface area contributed by atoms with Gasteiger partial charge < -0.3 is 5.32 Å². The first-order valence-corrected chi connectivity index (χ1v) is 7.81. The van der Waals surface area contributed by atoms with Gasteiger partial charge in [0.15, 0.2) is 0 Å². The van der Waals surface area contributed by atoms with Crippen molar-refractivity contribution in [2.45, 2.75) is 32.0 Å². The Morgan fingerprint density at radius 1 is 1.27 bits per heavy atom. The summed E-state index contributed by atoms with van der Waals surface area (Å²) in [5.41, 5.74) is 2.03. The van der Waals surface area contributed by atoms with Gasteiger partial charge in [0.2, 0.25) is 0 Å². The lowest BCUT2D eigenvalue weighted by molar-refractivity contribution is 0.358. The van der Waals surface area contributed by atoms with E-state index in [0.717, 1.165) is 46.7 Å². The Hall–Kier alpha value is -1.98. The van der Waals surface area contributed by atoms with Crippen LogP contribution >= 0.6 is 11.6 Å². The molecular weight excluding hydrogens is 298 g/mol. The highest BCUT2D eigenvalue weighted by Gasteiger charge is 2.20. The van der Waals surface area contributed by atoms with Crippen LogP contribution in [-0.2, 0) is 19.5 Å². The number of aromatic nitrogens is 4. The van der Waals surface area contributed by atoms with Gasteiger partial charge in [-0.15, -0.1) is 0 Å². The van der Waals surface area contributed by atoms with Gasteiger partial charge >= 0.3 is 0 Å². The fourth-order valence-electron chi connectivity index (χ4n) is 3.00. The van der Waals surface area contributed by atoms with Gasteiger partial charge in [-0.2, -0.15) is 5.10 Å². The molecule has 1 N–H and O–H groups in total. The molecule has 0 radical (unpaired) electrons. The molecule has 3 aromatic rings. The number of nitrogens with zero attached hydrogens (tertiary/aromatic N) is 4. The smallest absolute Gasteiger partial charge is 0.138 e. The third kappa shape index (κ3) is 2.46. The van der Waals surface area contributed by atoms with Gasteiger partial charge in [-0.25, -0.2) is 9.67 Å². The van der Waals surface area contributed by atoms with E-state index in [1.807, 2.05) is 29.1 Å². The summed E-state index contributed by atoms with van der Waals surface area (Å²) in [4.78, 5) is 8.74. The predicted octanol–water partition coefficient (Wildman–Crippen LogP) is 2.58. The second-order valence-electron chi connectivity index (χ2n) is 5.58. The van der Waals surface area contributed by atoms with Crippen LogP contribution in [0, 0.1) is 0 Å². The number of benzene rings is 1. The zero-order chi connectivity index (χ0) is 14.9. The third-order valence-electron chi connectivity index (χ3n) is 4.20. The maximum Gasteiger partial charge on any atom is 0.138 e. The number of hydrogen-bond acceptors (Lipinski definition) is 4. The standard InChI is InChI=1S/C16H16ClN5/c17-14-5-3-11-2-1-7-18-16(11)13(14)8-19-12-4-6-15-20-10-21-22(15)9-12/h1-3,5,7,10,12,19H,4,6,8-9H2/t12-/m1/s1. The number of rotatable bonds is 3. The van der Waals surface area contributed by atoms with Crippen LogP contribution in [0.15, 0.2) is 36.8 Å². The van der Waals surface area contributed by atoms with Crippen LogP contribution in [0.5, 0.6) is 0 Å². The Morgan fingerprint density at radius 3 is 3.18 bits per heavy atom. The minimum absolute atomic E-state index is 0.379. The molecule has 1 aromatic carbocycles. The van der Waals surface area contributed by atoms with E-state index in [1.165, 1.54) is 0 Å². The Morgan fingerprint density at radius 2 is 2.23 bits per heavy atom. The third-order valence-corrected chi connectivity index (χ3v) is 4.55. The van der Waals surface area contributed by atoms with Gasteiger partial charge in [-0.05, 0) is 18.6 Å².